The van der Waals surface area contributed by atoms with Gasteiger partial charge < -0.3 is 10.7 Å². The zero-order chi connectivity index (χ0) is 10.8. The molecule has 0 saturated heterocycles. The molecule has 1 atom stereocenters. The molecule has 2 aromatic rings. The molecule has 1 heterocycles. The maximum Gasteiger partial charge on any atom is 0.0468 e. The van der Waals surface area contributed by atoms with Crippen molar-refractivity contribution in [2.75, 3.05) is 6.54 Å². The van der Waals surface area contributed by atoms with Crippen molar-refractivity contribution in [2.24, 2.45) is 11.7 Å². The molecule has 0 radical (unpaired) electrons. The van der Waals surface area contributed by atoms with E-state index in [0.29, 0.717) is 5.92 Å². The highest BCUT2D eigenvalue weighted by molar-refractivity contribution is 9.10. The first-order chi connectivity index (χ1) is 7.22. The lowest BCUT2D eigenvalue weighted by Crippen LogP contribution is -2.13. The van der Waals surface area contributed by atoms with E-state index in [2.05, 4.69) is 46.0 Å². The van der Waals surface area contributed by atoms with Crippen LogP contribution in [0.25, 0.3) is 10.9 Å². The van der Waals surface area contributed by atoms with Crippen molar-refractivity contribution >= 4 is 26.8 Å². The minimum Gasteiger partial charge on any atom is -0.360 e. The van der Waals surface area contributed by atoms with Crippen molar-refractivity contribution in [3.63, 3.8) is 0 Å². The standard InChI is InChI=1S/C12H15BrN2/c1-8(6-14)5-9-3-2-4-11-12(9)10(13)7-15-11/h2-4,7-8,15H,5-6,14H2,1H3. The van der Waals surface area contributed by atoms with Gasteiger partial charge in [-0.25, -0.2) is 0 Å². The van der Waals surface area contributed by atoms with Crippen molar-refractivity contribution in [3.05, 3.63) is 34.4 Å². The summed E-state index contributed by atoms with van der Waals surface area (Å²) >= 11 is 3.57. The van der Waals surface area contributed by atoms with Gasteiger partial charge in [0.1, 0.15) is 0 Å². The van der Waals surface area contributed by atoms with E-state index in [1.165, 1.54) is 16.5 Å². The number of nitrogens with one attached hydrogen (secondary N) is 1. The molecule has 0 aliphatic carbocycles. The summed E-state index contributed by atoms with van der Waals surface area (Å²) in [4.78, 5) is 3.24. The summed E-state index contributed by atoms with van der Waals surface area (Å²) in [5.41, 5.74) is 8.20. The molecule has 0 bridgehead atoms. The van der Waals surface area contributed by atoms with Crippen LogP contribution >= 0.6 is 15.9 Å². The maximum absolute atomic E-state index is 5.66. The van der Waals surface area contributed by atoms with Crippen LogP contribution in [0.3, 0.4) is 0 Å². The second-order valence-electron chi connectivity index (χ2n) is 4.02. The number of benzene rings is 1. The topological polar surface area (TPSA) is 41.8 Å². The van der Waals surface area contributed by atoms with Gasteiger partial charge in [0.05, 0.1) is 0 Å². The number of H-pyrrole nitrogens is 1. The first kappa shape index (κ1) is 10.7. The molecule has 0 spiro atoms. The van der Waals surface area contributed by atoms with Crippen LogP contribution in [0.2, 0.25) is 0 Å². The first-order valence-corrected chi connectivity index (χ1v) is 5.96. The summed E-state index contributed by atoms with van der Waals surface area (Å²) in [7, 11) is 0. The van der Waals surface area contributed by atoms with Crippen molar-refractivity contribution in [2.45, 2.75) is 13.3 Å². The Balaban J connectivity index is 2.45. The third kappa shape index (κ3) is 2.08. The summed E-state index contributed by atoms with van der Waals surface area (Å²) < 4.78 is 1.14. The average Bonchev–Trinajstić information content (AvgIpc) is 2.61. The molecular weight excluding hydrogens is 252 g/mol. The zero-order valence-electron chi connectivity index (χ0n) is 8.76. The third-order valence-electron chi connectivity index (χ3n) is 2.71. The van der Waals surface area contributed by atoms with Gasteiger partial charge in [0, 0.05) is 21.6 Å². The van der Waals surface area contributed by atoms with Gasteiger partial charge in [-0.1, -0.05) is 19.1 Å². The van der Waals surface area contributed by atoms with Crippen molar-refractivity contribution in [1.82, 2.24) is 4.98 Å². The maximum atomic E-state index is 5.66. The van der Waals surface area contributed by atoms with E-state index in [9.17, 15) is 0 Å². The van der Waals surface area contributed by atoms with Gasteiger partial charge in [-0.2, -0.15) is 0 Å². The highest BCUT2D eigenvalue weighted by Crippen LogP contribution is 2.28. The summed E-state index contributed by atoms with van der Waals surface area (Å²) in [6, 6.07) is 6.35. The fourth-order valence-corrected chi connectivity index (χ4v) is 2.43. The van der Waals surface area contributed by atoms with E-state index in [-0.39, 0.29) is 0 Å². The Morgan fingerprint density at radius 2 is 2.27 bits per heavy atom. The Morgan fingerprint density at radius 3 is 3.00 bits per heavy atom. The zero-order valence-corrected chi connectivity index (χ0v) is 10.3. The second-order valence-corrected chi connectivity index (χ2v) is 4.88. The van der Waals surface area contributed by atoms with Crippen LogP contribution in [0.15, 0.2) is 28.9 Å². The van der Waals surface area contributed by atoms with Crippen LogP contribution < -0.4 is 5.73 Å². The predicted molar refractivity (Wildman–Crippen MR) is 67.9 cm³/mol. The summed E-state index contributed by atoms with van der Waals surface area (Å²) in [5, 5.41) is 1.29. The molecule has 0 aliphatic heterocycles. The molecule has 2 nitrogen and oxygen atoms in total. The van der Waals surface area contributed by atoms with Crippen LogP contribution in [0, 0.1) is 5.92 Å². The molecule has 0 fully saturated rings. The molecule has 1 aromatic carbocycles. The number of rotatable bonds is 3. The van der Waals surface area contributed by atoms with E-state index >= 15 is 0 Å². The fraction of sp³-hybridized carbons (Fsp3) is 0.333. The molecule has 80 valence electrons. The molecule has 3 heteroatoms. The monoisotopic (exact) mass is 266 g/mol. The SMILES string of the molecule is CC(CN)Cc1cccc2[nH]cc(Br)c12. The molecule has 15 heavy (non-hydrogen) atoms. The predicted octanol–water partition coefficient (Wildman–Crippen LogP) is 3.07. The lowest BCUT2D eigenvalue weighted by Gasteiger charge is -2.09. The Hall–Kier alpha value is -0.800. The van der Waals surface area contributed by atoms with Crippen LogP contribution in [0.5, 0.6) is 0 Å². The molecular formula is C12H15BrN2. The smallest absolute Gasteiger partial charge is 0.0468 e. The molecule has 3 N–H and O–H groups in total. The molecule has 1 aromatic heterocycles. The Bertz CT molecular complexity index is 462. The van der Waals surface area contributed by atoms with Gasteiger partial charge in [-0.3, -0.25) is 0 Å². The molecule has 2 rings (SSSR count). The molecule has 0 aliphatic rings. The Kier molecular flexibility index (Phi) is 3.12. The number of aromatic nitrogens is 1. The number of nitrogens with two attached hydrogens (primary N) is 1. The van der Waals surface area contributed by atoms with Crippen LogP contribution in [-0.4, -0.2) is 11.5 Å². The number of fused-ring (bicyclic) bond motifs is 1. The van der Waals surface area contributed by atoms with E-state index < -0.39 is 0 Å². The molecule has 0 amide bonds. The first-order valence-electron chi connectivity index (χ1n) is 5.17. The van der Waals surface area contributed by atoms with Gasteiger partial charge in [-0.05, 0) is 46.4 Å². The second kappa shape index (κ2) is 4.37. The van der Waals surface area contributed by atoms with E-state index in [1.807, 2.05) is 6.20 Å². The lowest BCUT2D eigenvalue weighted by atomic mass is 9.98. The molecule has 1 unspecified atom stereocenters. The number of aromatic amines is 1. The fourth-order valence-electron chi connectivity index (χ4n) is 1.84. The number of halogens is 1. The number of hydrogen-bond donors (Lipinski definition) is 2. The van der Waals surface area contributed by atoms with Crippen molar-refractivity contribution in [1.29, 1.82) is 0 Å². The van der Waals surface area contributed by atoms with Gasteiger partial charge in [0.15, 0.2) is 0 Å². The Morgan fingerprint density at radius 1 is 1.47 bits per heavy atom. The van der Waals surface area contributed by atoms with E-state index in [4.69, 9.17) is 5.73 Å². The summed E-state index contributed by atoms with van der Waals surface area (Å²) in [5.74, 6) is 0.525. The largest absolute Gasteiger partial charge is 0.360 e. The van der Waals surface area contributed by atoms with Gasteiger partial charge in [0.2, 0.25) is 0 Å². The minimum atomic E-state index is 0.525. The summed E-state index contributed by atoms with van der Waals surface area (Å²) in [6.07, 6.45) is 3.02. The van der Waals surface area contributed by atoms with Gasteiger partial charge >= 0.3 is 0 Å². The van der Waals surface area contributed by atoms with Crippen LogP contribution in [0.1, 0.15) is 12.5 Å². The van der Waals surface area contributed by atoms with Gasteiger partial charge in [-0.15, -0.1) is 0 Å². The van der Waals surface area contributed by atoms with Crippen LogP contribution in [-0.2, 0) is 6.42 Å². The number of hydrogen-bond acceptors (Lipinski definition) is 1. The molecule has 0 saturated carbocycles. The highest BCUT2D eigenvalue weighted by Gasteiger charge is 2.08. The van der Waals surface area contributed by atoms with E-state index in [0.717, 1.165) is 17.4 Å². The average molecular weight is 267 g/mol. The quantitative estimate of drug-likeness (QED) is 0.881. The third-order valence-corrected chi connectivity index (χ3v) is 3.34. The van der Waals surface area contributed by atoms with Crippen LogP contribution in [0.4, 0.5) is 0 Å². The minimum absolute atomic E-state index is 0.525. The lowest BCUT2D eigenvalue weighted by molar-refractivity contribution is 0.595. The normalized spacial score (nSPS) is 13.3. The summed E-state index contributed by atoms with van der Waals surface area (Å²) in [6.45, 7) is 2.91. The van der Waals surface area contributed by atoms with Gasteiger partial charge in [0.25, 0.3) is 0 Å². The van der Waals surface area contributed by atoms with Crippen molar-refractivity contribution in [3.8, 4) is 0 Å². The van der Waals surface area contributed by atoms with E-state index in [1.54, 1.807) is 0 Å². The Labute approximate surface area is 98.0 Å². The highest BCUT2D eigenvalue weighted by atomic mass is 79.9. The van der Waals surface area contributed by atoms with Crippen molar-refractivity contribution < 1.29 is 0 Å².